The van der Waals surface area contributed by atoms with Crippen molar-refractivity contribution in [2.45, 2.75) is 26.7 Å². The van der Waals surface area contributed by atoms with E-state index >= 15 is 0 Å². The molecule has 1 aromatic carbocycles. The normalized spacial score (nSPS) is 10.9. The summed E-state index contributed by atoms with van der Waals surface area (Å²) in [6.07, 6.45) is 4.47. The smallest absolute Gasteiger partial charge is 0.0456 e. The van der Waals surface area contributed by atoms with E-state index in [1.54, 1.807) is 0 Å². The van der Waals surface area contributed by atoms with Gasteiger partial charge in [0.2, 0.25) is 0 Å². The number of aromatic amines is 1. The molecule has 0 aliphatic carbocycles. The van der Waals surface area contributed by atoms with Crippen LogP contribution >= 0.6 is 0 Å². The molecular weight excluding hydrogens is 158 g/mol. The third kappa shape index (κ3) is 1.46. The van der Waals surface area contributed by atoms with Gasteiger partial charge < -0.3 is 4.98 Å². The van der Waals surface area contributed by atoms with Crippen LogP contribution in [0, 0.1) is 6.92 Å². The van der Waals surface area contributed by atoms with Crippen molar-refractivity contribution in [3.8, 4) is 0 Å². The summed E-state index contributed by atoms with van der Waals surface area (Å²) in [5, 5.41) is 1.37. The minimum Gasteiger partial charge on any atom is -0.361 e. The first-order valence-corrected chi connectivity index (χ1v) is 4.88. The van der Waals surface area contributed by atoms with Crippen molar-refractivity contribution in [3.05, 3.63) is 35.5 Å². The van der Waals surface area contributed by atoms with Crippen LogP contribution in [0.2, 0.25) is 0 Å². The predicted molar refractivity (Wildman–Crippen MR) is 59.1 cm³/mol. The van der Waals surface area contributed by atoms with Crippen molar-refractivity contribution in [1.29, 1.82) is 0 Å². The second-order valence-corrected chi connectivity index (χ2v) is 3.60. The van der Waals surface area contributed by atoms with Crippen molar-refractivity contribution < 1.29 is 1.43 Å². The summed E-state index contributed by atoms with van der Waals surface area (Å²) in [6, 6.07) is 6.68. The number of hydrogen-bond donors (Lipinski definition) is 1. The topological polar surface area (TPSA) is 15.8 Å². The fourth-order valence-corrected chi connectivity index (χ4v) is 1.75. The van der Waals surface area contributed by atoms with E-state index < -0.39 is 0 Å². The molecule has 1 heteroatoms. The van der Waals surface area contributed by atoms with Gasteiger partial charge in [-0.3, -0.25) is 0 Å². The average Bonchev–Trinajstić information content (AvgIpc) is 2.49. The monoisotopic (exact) mass is 175 g/mol. The Balaban J connectivity index is 0.000000980. The van der Waals surface area contributed by atoms with Gasteiger partial charge in [-0.1, -0.05) is 19.4 Å². The predicted octanol–water partition coefficient (Wildman–Crippen LogP) is 3.67. The maximum Gasteiger partial charge on any atom is 0.0456 e. The molecule has 0 fully saturated rings. The Kier molecular flexibility index (Phi) is 2.09. The van der Waals surface area contributed by atoms with Crippen molar-refractivity contribution in [2.75, 3.05) is 0 Å². The Bertz CT molecular complexity index is 417. The zero-order chi connectivity index (χ0) is 9.26. The molecular formula is C12H17N. The summed E-state index contributed by atoms with van der Waals surface area (Å²) >= 11 is 0. The van der Waals surface area contributed by atoms with Gasteiger partial charge in [0.1, 0.15) is 0 Å². The van der Waals surface area contributed by atoms with Gasteiger partial charge in [-0.25, -0.2) is 0 Å². The first kappa shape index (κ1) is 8.36. The van der Waals surface area contributed by atoms with E-state index in [0.717, 1.165) is 0 Å². The van der Waals surface area contributed by atoms with Gasteiger partial charge in [0.25, 0.3) is 0 Å². The Morgan fingerprint density at radius 2 is 2.23 bits per heavy atom. The first-order chi connectivity index (χ1) is 6.31. The molecule has 1 nitrogen and oxygen atoms in total. The number of H-pyrrole nitrogens is 1. The molecule has 0 aliphatic heterocycles. The summed E-state index contributed by atoms with van der Waals surface area (Å²) in [7, 11) is 0. The number of hydrogen-bond acceptors (Lipinski definition) is 0. The van der Waals surface area contributed by atoms with E-state index in [1.807, 2.05) is 0 Å². The number of aromatic nitrogens is 1. The molecule has 0 spiro atoms. The van der Waals surface area contributed by atoms with Crippen LogP contribution in [-0.4, -0.2) is 4.98 Å². The third-order valence-corrected chi connectivity index (χ3v) is 2.49. The van der Waals surface area contributed by atoms with Crippen LogP contribution in [0.4, 0.5) is 0 Å². The van der Waals surface area contributed by atoms with Crippen LogP contribution < -0.4 is 0 Å². The van der Waals surface area contributed by atoms with Gasteiger partial charge in [-0.15, -0.1) is 0 Å². The minimum atomic E-state index is 0. The molecule has 0 amide bonds. The van der Waals surface area contributed by atoms with Gasteiger partial charge in [0, 0.05) is 18.5 Å². The number of fused-ring (bicyclic) bond motifs is 1. The lowest BCUT2D eigenvalue weighted by molar-refractivity contribution is 0.923. The number of rotatable bonds is 2. The number of aryl methyl sites for hydroxylation is 2. The van der Waals surface area contributed by atoms with Gasteiger partial charge in [0.15, 0.2) is 0 Å². The second kappa shape index (κ2) is 3.25. The van der Waals surface area contributed by atoms with E-state index in [1.165, 1.54) is 34.9 Å². The van der Waals surface area contributed by atoms with Crippen LogP contribution in [0.3, 0.4) is 0 Å². The molecule has 0 aliphatic rings. The minimum absolute atomic E-state index is 0. The molecule has 2 rings (SSSR count). The van der Waals surface area contributed by atoms with Crippen molar-refractivity contribution >= 4 is 10.9 Å². The zero-order valence-electron chi connectivity index (χ0n) is 8.22. The van der Waals surface area contributed by atoms with E-state index in [4.69, 9.17) is 0 Å². The molecule has 0 atom stereocenters. The van der Waals surface area contributed by atoms with E-state index in [-0.39, 0.29) is 1.43 Å². The largest absolute Gasteiger partial charge is 0.361 e. The molecule has 2 aromatic rings. The number of nitrogens with one attached hydrogen (secondary N) is 1. The van der Waals surface area contributed by atoms with Crippen LogP contribution in [0.25, 0.3) is 10.9 Å². The Hall–Kier alpha value is -1.24. The summed E-state index contributed by atoms with van der Waals surface area (Å²) in [6.45, 7) is 4.36. The maximum absolute atomic E-state index is 3.26. The van der Waals surface area contributed by atoms with E-state index in [0.29, 0.717) is 0 Å². The molecule has 0 saturated carbocycles. The van der Waals surface area contributed by atoms with E-state index in [2.05, 4.69) is 43.2 Å². The summed E-state index contributed by atoms with van der Waals surface area (Å²) < 4.78 is 0. The summed E-state index contributed by atoms with van der Waals surface area (Å²) in [5.74, 6) is 0. The van der Waals surface area contributed by atoms with Crippen LogP contribution in [0.15, 0.2) is 24.4 Å². The summed E-state index contributed by atoms with van der Waals surface area (Å²) in [5.41, 5.74) is 4.03. The Labute approximate surface area is 80.3 Å². The lowest BCUT2D eigenvalue weighted by atomic mass is 10.1. The highest BCUT2D eigenvalue weighted by Crippen LogP contribution is 2.19. The van der Waals surface area contributed by atoms with Crippen molar-refractivity contribution in [3.63, 3.8) is 0 Å². The van der Waals surface area contributed by atoms with Gasteiger partial charge in [-0.2, -0.15) is 0 Å². The average molecular weight is 175 g/mol. The third-order valence-electron chi connectivity index (χ3n) is 2.49. The first-order valence-electron chi connectivity index (χ1n) is 4.88. The molecule has 1 heterocycles. The highest BCUT2D eigenvalue weighted by Gasteiger charge is 1.99. The van der Waals surface area contributed by atoms with Crippen LogP contribution in [0.5, 0.6) is 0 Å². The van der Waals surface area contributed by atoms with Crippen LogP contribution in [-0.2, 0) is 6.42 Å². The molecule has 0 bridgehead atoms. The highest BCUT2D eigenvalue weighted by atomic mass is 14.7. The van der Waals surface area contributed by atoms with Gasteiger partial charge in [-0.05, 0) is 36.6 Å². The van der Waals surface area contributed by atoms with Gasteiger partial charge >= 0.3 is 0 Å². The molecule has 0 radical (unpaired) electrons. The Morgan fingerprint density at radius 3 is 3.00 bits per heavy atom. The SMILES string of the molecule is CCCc1ccc2[nH]cc(C)c2c1.[HH]. The van der Waals surface area contributed by atoms with E-state index in [9.17, 15) is 0 Å². The second-order valence-electron chi connectivity index (χ2n) is 3.60. The molecule has 1 aromatic heterocycles. The number of benzene rings is 1. The summed E-state index contributed by atoms with van der Waals surface area (Å²) in [4.78, 5) is 3.26. The fraction of sp³-hybridized carbons (Fsp3) is 0.333. The molecule has 1 N–H and O–H groups in total. The lowest BCUT2D eigenvalue weighted by Gasteiger charge is -1.98. The van der Waals surface area contributed by atoms with Gasteiger partial charge in [0.05, 0.1) is 0 Å². The quantitative estimate of drug-likeness (QED) is 0.716. The highest BCUT2D eigenvalue weighted by molar-refractivity contribution is 5.83. The maximum atomic E-state index is 3.26. The Morgan fingerprint density at radius 1 is 1.38 bits per heavy atom. The molecule has 0 unspecified atom stereocenters. The van der Waals surface area contributed by atoms with Crippen molar-refractivity contribution in [2.24, 2.45) is 0 Å². The molecule has 13 heavy (non-hydrogen) atoms. The van der Waals surface area contributed by atoms with Crippen LogP contribution in [0.1, 0.15) is 25.9 Å². The zero-order valence-corrected chi connectivity index (χ0v) is 8.22. The van der Waals surface area contributed by atoms with Crippen molar-refractivity contribution in [1.82, 2.24) is 4.98 Å². The lowest BCUT2D eigenvalue weighted by Crippen LogP contribution is -1.82. The standard InChI is InChI=1S/C12H15N.H2/c1-3-4-10-5-6-12-11(7-10)9(2)8-13-12;/h5-8,13H,3-4H2,1-2H3;1H. The molecule has 0 saturated heterocycles. The molecule has 70 valence electrons. The fourth-order valence-electron chi connectivity index (χ4n) is 1.75.